The van der Waals surface area contributed by atoms with Gasteiger partial charge in [-0.15, -0.1) is 11.3 Å². The first-order chi connectivity index (χ1) is 21.9. The fraction of sp³-hybridized carbons (Fsp3) is 0.382. The van der Waals surface area contributed by atoms with Crippen molar-refractivity contribution in [2.24, 2.45) is 0 Å². The second-order valence-corrected chi connectivity index (χ2v) is 13.2. The smallest absolute Gasteiger partial charge is 0.353 e. The number of carboxylic acid groups (broad SMARTS) is 1. The molecule has 5 aromatic rings. The summed E-state index contributed by atoms with van der Waals surface area (Å²) in [4.78, 5) is 38.0. The molecule has 0 radical (unpaired) electrons. The van der Waals surface area contributed by atoms with Gasteiger partial charge < -0.3 is 19.3 Å². The molecule has 45 heavy (non-hydrogen) atoms. The number of nitrogens with zero attached hydrogens (tertiary/aromatic N) is 5. The molecule has 0 bridgehead atoms. The fourth-order valence-electron chi connectivity index (χ4n) is 6.77. The van der Waals surface area contributed by atoms with Crippen LogP contribution in [-0.2, 0) is 16.1 Å². The number of amides is 1. The summed E-state index contributed by atoms with van der Waals surface area (Å²) in [7, 11) is 0. The van der Waals surface area contributed by atoms with E-state index in [2.05, 4.69) is 56.1 Å². The highest BCUT2D eigenvalue weighted by Gasteiger charge is 2.29. The first-order valence-electron chi connectivity index (χ1n) is 15.6. The van der Waals surface area contributed by atoms with Gasteiger partial charge in [0.2, 0.25) is 5.91 Å². The van der Waals surface area contributed by atoms with Gasteiger partial charge in [-0.1, -0.05) is 31.4 Å². The summed E-state index contributed by atoms with van der Waals surface area (Å²) in [6.07, 6.45) is 5.67. The van der Waals surface area contributed by atoms with Crippen molar-refractivity contribution in [2.75, 3.05) is 26.3 Å². The molecule has 2 N–H and O–H groups in total. The van der Waals surface area contributed by atoms with Gasteiger partial charge in [0.25, 0.3) is 0 Å². The van der Waals surface area contributed by atoms with Gasteiger partial charge in [-0.3, -0.25) is 9.89 Å². The summed E-state index contributed by atoms with van der Waals surface area (Å²) in [5, 5.41) is 18.7. The number of fused-ring (bicyclic) bond motifs is 1. The number of hydrogen-bond acceptors (Lipinski definition) is 7. The number of benzene rings is 1. The summed E-state index contributed by atoms with van der Waals surface area (Å²) in [6.45, 7) is 6.29. The Bertz CT molecular complexity index is 1890. The van der Waals surface area contributed by atoms with Crippen molar-refractivity contribution in [1.29, 1.82) is 0 Å². The van der Waals surface area contributed by atoms with E-state index < -0.39 is 5.97 Å². The Labute approximate surface area is 265 Å². The molecule has 1 aliphatic heterocycles. The first-order valence-corrected chi connectivity index (χ1v) is 16.4. The second kappa shape index (κ2) is 12.2. The molecule has 2 fully saturated rings. The van der Waals surface area contributed by atoms with E-state index >= 15 is 0 Å². The maximum atomic E-state index is 13.8. The number of rotatable bonds is 7. The zero-order valence-electron chi connectivity index (χ0n) is 25.5. The minimum absolute atomic E-state index is 0.00269. The predicted molar refractivity (Wildman–Crippen MR) is 174 cm³/mol. The van der Waals surface area contributed by atoms with E-state index in [1.165, 1.54) is 12.0 Å². The van der Waals surface area contributed by atoms with E-state index in [0.29, 0.717) is 37.9 Å². The van der Waals surface area contributed by atoms with Crippen LogP contribution in [0.1, 0.15) is 64.8 Å². The van der Waals surface area contributed by atoms with Crippen LogP contribution in [0.15, 0.2) is 42.5 Å². The summed E-state index contributed by atoms with van der Waals surface area (Å²) in [6, 6.07) is 14.2. The number of nitrogens with one attached hydrogen (secondary N) is 1. The molecule has 232 valence electrons. The summed E-state index contributed by atoms with van der Waals surface area (Å²) >= 11 is 1.65. The Hall–Kier alpha value is -4.35. The Morgan fingerprint density at radius 2 is 1.80 bits per heavy atom. The van der Waals surface area contributed by atoms with Crippen molar-refractivity contribution in [2.45, 2.75) is 58.4 Å². The van der Waals surface area contributed by atoms with Crippen molar-refractivity contribution in [3.63, 3.8) is 0 Å². The fourth-order valence-corrected chi connectivity index (χ4v) is 7.66. The molecule has 1 aromatic carbocycles. The minimum Gasteiger partial charge on any atom is -0.477 e. The maximum absolute atomic E-state index is 13.8. The van der Waals surface area contributed by atoms with Crippen molar-refractivity contribution in [3.8, 4) is 33.2 Å². The average molecular weight is 625 g/mol. The highest BCUT2D eigenvalue weighted by Crippen LogP contribution is 2.43. The molecule has 1 aliphatic carbocycles. The third-order valence-corrected chi connectivity index (χ3v) is 10.1. The molecule has 1 saturated carbocycles. The van der Waals surface area contributed by atoms with Crippen LogP contribution in [0.4, 0.5) is 0 Å². The van der Waals surface area contributed by atoms with Gasteiger partial charge >= 0.3 is 5.97 Å². The molecule has 10 nitrogen and oxygen atoms in total. The number of aryl methyl sites for hydroxylation is 2. The van der Waals surface area contributed by atoms with E-state index in [1.54, 1.807) is 17.4 Å². The third kappa shape index (κ3) is 5.78. The molecule has 0 atom stereocenters. The number of aromatic carboxylic acids is 1. The highest BCUT2D eigenvalue weighted by molar-refractivity contribution is 7.15. The summed E-state index contributed by atoms with van der Waals surface area (Å²) in [5.41, 5.74) is 7.20. The molecule has 1 amide bonds. The van der Waals surface area contributed by atoms with Crippen LogP contribution < -0.4 is 0 Å². The van der Waals surface area contributed by atoms with Gasteiger partial charge in [-0.25, -0.2) is 14.8 Å². The molecule has 4 aromatic heterocycles. The number of ether oxygens (including phenoxy) is 1. The number of hydrogen-bond donors (Lipinski definition) is 2. The predicted octanol–water partition coefficient (Wildman–Crippen LogP) is 6.44. The first kappa shape index (κ1) is 29.4. The van der Waals surface area contributed by atoms with Gasteiger partial charge in [-0.2, -0.15) is 5.10 Å². The summed E-state index contributed by atoms with van der Waals surface area (Å²) < 4.78 is 7.55. The lowest BCUT2D eigenvalue weighted by atomic mass is 9.83. The third-order valence-electron chi connectivity index (χ3n) is 9.00. The largest absolute Gasteiger partial charge is 0.477 e. The van der Waals surface area contributed by atoms with Gasteiger partial charge in [0.1, 0.15) is 17.9 Å². The topological polar surface area (TPSA) is 126 Å². The van der Waals surface area contributed by atoms with Crippen molar-refractivity contribution in [3.05, 3.63) is 64.4 Å². The van der Waals surface area contributed by atoms with Crippen LogP contribution in [-0.4, -0.2) is 72.9 Å². The van der Waals surface area contributed by atoms with Crippen LogP contribution in [0.5, 0.6) is 0 Å². The average Bonchev–Trinajstić information content (AvgIpc) is 3.78. The summed E-state index contributed by atoms with van der Waals surface area (Å²) in [5.74, 6) is -0.740. The van der Waals surface area contributed by atoms with Gasteiger partial charge in [0.15, 0.2) is 0 Å². The molecule has 5 heterocycles. The number of H-pyrrole nitrogens is 1. The number of carboxylic acids is 1. The molecule has 0 unspecified atom stereocenters. The molecule has 1 saturated heterocycles. The molecule has 11 heteroatoms. The van der Waals surface area contributed by atoms with Crippen molar-refractivity contribution < 1.29 is 19.4 Å². The van der Waals surface area contributed by atoms with Gasteiger partial charge in [-0.05, 0) is 68.0 Å². The standard InChI is InChI=1S/C34H36N6O4S/c1-20-33(45-21(2)35-20)27-11-8-23-16-24(9-10-26(23)36-27)32-25(22-6-4-3-5-7-22)17-30(28-18-29(34(42)43)38-37-28)40(32)19-31(41)39-12-14-44-15-13-39/h8-11,16-18,22H,3-7,12-15,19H2,1-2H3,(H,37,38)(H,42,43). The maximum Gasteiger partial charge on any atom is 0.353 e. The molecule has 2 aliphatic rings. The number of morpholine rings is 1. The number of aromatic nitrogens is 5. The van der Waals surface area contributed by atoms with Crippen LogP contribution >= 0.6 is 11.3 Å². The van der Waals surface area contributed by atoms with E-state index in [0.717, 1.165) is 74.8 Å². The monoisotopic (exact) mass is 624 g/mol. The molecular weight excluding hydrogens is 588 g/mol. The van der Waals surface area contributed by atoms with Crippen LogP contribution in [0.2, 0.25) is 0 Å². The van der Waals surface area contributed by atoms with Crippen molar-refractivity contribution in [1.82, 2.24) is 29.6 Å². The quantitative estimate of drug-likeness (QED) is 0.213. The van der Waals surface area contributed by atoms with E-state index in [4.69, 9.17) is 9.72 Å². The van der Waals surface area contributed by atoms with Crippen LogP contribution in [0, 0.1) is 13.8 Å². The number of aromatic amines is 1. The van der Waals surface area contributed by atoms with Crippen LogP contribution in [0.25, 0.3) is 44.1 Å². The van der Waals surface area contributed by atoms with Gasteiger partial charge in [0, 0.05) is 24.5 Å². The Morgan fingerprint density at radius 3 is 2.51 bits per heavy atom. The zero-order valence-corrected chi connectivity index (χ0v) is 26.3. The SMILES string of the molecule is Cc1nc(C)c(-c2ccc3cc(-c4c(C5CCCCC5)cc(-c5cc(C(=O)O)[nH]n5)n4CC(=O)N4CCOCC4)ccc3n2)s1. The van der Waals surface area contributed by atoms with Crippen LogP contribution in [0.3, 0.4) is 0 Å². The molecule has 7 rings (SSSR count). The molecule has 0 spiro atoms. The molecular formula is C34H36N6O4S. The number of carbonyl (C=O) groups excluding carboxylic acids is 1. The van der Waals surface area contributed by atoms with Crippen molar-refractivity contribution >= 4 is 34.1 Å². The van der Waals surface area contributed by atoms with E-state index in [-0.39, 0.29) is 18.1 Å². The lowest BCUT2D eigenvalue weighted by molar-refractivity contribution is -0.135. The van der Waals surface area contributed by atoms with E-state index in [9.17, 15) is 14.7 Å². The number of pyridine rings is 1. The van der Waals surface area contributed by atoms with Gasteiger partial charge in [0.05, 0.1) is 51.4 Å². The number of carbonyl (C=O) groups is 2. The normalized spacial score (nSPS) is 16.0. The zero-order chi connectivity index (χ0) is 31.1. The Morgan fingerprint density at radius 1 is 1.00 bits per heavy atom. The lowest BCUT2D eigenvalue weighted by Gasteiger charge is -2.28. The Kier molecular flexibility index (Phi) is 7.97. The van der Waals surface area contributed by atoms with E-state index in [1.807, 2.05) is 18.7 Å². The Balaban J connectivity index is 1.38. The lowest BCUT2D eigenvalue weighted by Crippen LogP contribution is -2.42. The number of thiazole rings is 1. The highest BCUT2D eigenvalue weighted by atomic mass is 32.1. The second-order valence-electron chi connectivity index (χ2n) is 12.0. The minimum atomic E-state index is -1.07.